The number of nitrogens with one attached hydrogen (secondary N) is 2. The van der Waals surface area contributed by atoms with E-state index in [9.17, 15) is 14.0 Å². The van der Waals surface area contributed by atoms with Crippen LogP contribution < -0.4 is 10.6 Å². The molecular formula is C19H17FN4O2S2. The fraction of sp³-hybridized carbons (Fsp3) is 0.158. The van der Waals surface area contributed by atoms with Gasteiger partial charge >= 0.3 is 0 Å². The minimum atomic E-state index is -0.670. The summed E-state index contributed by atoms with van der Waals surface area (Å²) in [6.07, 6.45) is 0. The molecule has 9 heteroatoms. The number of carbonyl (C=O) groups excluding carboxylic acids is 2. The van der Waals surface area contributed by atoms with Crippen molar-refractivity contribution in [3.63, 3.8) is 0 Å². The second-order valence-corrected chi connectivity index (χ2v) is 8.10. The van der Waals surface area contributed by atoms with Crippen LogP contribution in [-0.2, 0) is 4.79 Å². The number of Topliss-reactive ketones (excluding diaryl/α,β-unsaturated/α-hetero) is 1. The van der Waals surface area contributed by atoms with Crippen molar-refractivity contribution in [2.75, 3.05) is 16.4 Å². The molecule has 0 aliphatic carbocycles. The molecule has 3 rings (SSSR count). The number of carbonyl (C=O) groups is 2. The number of halogens is 1. The average molecular weight is 417 g/mol. The fourth-order valence-electron chi connectivity index (χ4n) is 2.37. The van der Waals surface area contributed by atoms with Gasteiger partial charge in [0.2, 0.25) is 11.0 Å². The first-order valence-corrected chi connectivity index (χ1v) is 10.1. The van der Waals surface area contributed by atoms with E-state index in [1.165, 1.54) is 42.2 Å². The summed E-state index contributed by atoms with van der Waals surface area (Å²) in [5, 5.41) is 14.4. The van der Waals surface area contributed by atoms with Crippen molar-refractivity contribution in [2.24, 2.45) is 0 Å². The lowest BCUT2D eigenvalue weighted by Crippen LogP contribution is -2.09. The normalized spacial score (nSPS) is 10.5. The van der Waals surface area contributed by atoms with E-state index in [-0.39, 0.29) is 23.0 Å². The van der Waals surface area contributed by atoms with Crippen LogP contribution in [0.15, 0.2) is 46.8 Å². The van der Waals surface area contributed by atoms with E-state index in [4.69, 9.17) is 0 Å². The highest BCUT2D eigenvalue weighted by Crippen LogP contribution is 2.29. The molecule has 0 aliphatic heterocycles. The molecule has 144 valence electrons. The zero-order valence-corrected chi connectivity index (χ0v) is 16.8. The van der Waals surface area contributed by atoms with Gasteiger partial charge in [-0.1, -0.05) is 41.3 Å². The van der Waals surface area contributed by atoms with Crippen LogP contribution in [0.2, 0.25) is 0 Å². The van der Waals surface area contributed by atoms with Crippen molar-refractivity contribution in [3.8, 4) is 0 Å². The molecule has 3 aromatic rings. The topological polar surface area (TPSA) is 84.0 Å². The zero-order valence-electron chi connectivity index (χ0n) is 15.2. The number of benzene rings is 2. The first-order valence-electron chi connectivity index (χ1n) is 8.31. The van der Waals surface area contributed by atoms with E-state index in [0.717, 1.165) is 17.3 Å². The first-order chi connectivity index (χ1) is 13.4. The van der Waals surface area contributed by atoms with Crippen LogP contribution in [0.1, 0.15) is 22.8 Å². The lowest BCUT2D eigenvalue weighted by atomic mass is 10.1. The molecule has 28 heavy (non-hydrogen) atoms. The number of nitrogens with zero attached hydrogens (tertiary/aromatic N) is 2. The lowest BCUT2D eigenvalue weighted by molar-refractivity contribution is -0.114. The summed E-state index contributed by atoms with van der Waals surface area (Å²) in [4.78, 5) is 23.3. The number of anilines is 3. The maximum Gasteiger partial charge on any atom is 0.221 e. The maximum atomic E-state index is 14.1. The van der Waals surface area contributed by atoms with Gasteiger partial charge in [0.25, 0.3) is 0 Å². The Balaban J connectivity index is 1.60. The Kier molecular flexibility index (Phi) is 6.37. The molecule has 0 radical (unpaired) electrons. The third-order valence-corrected chi connectivity index (χ3v) is 5.68. The summed E-state index contributed by atoms with van der Waals surface area (Å²) in [6, 6.07) is 11.8. The summed E-state index contributed by atoms with van der Waals surface area (Å²) in [6.45, 7) is 3.32. The Morgan fingerprint density at radius 2 is 1.96 bits per heavy atom. The number of hydrogen-bond acceptors (Lipinski definition) is 7. The number of thioether (sulfide) groups is 1. The van der Waals surface area contributed by atoms with Crippen molar-refractivity contribution in [1.82, 2.24) is 10.2 Å². The Bertz CT molecular complexity index is 1020. The van der Waals surface area contributed by atoms with Crippen molar-refractivity contribution in [3.05, 3.63) is 59.4 Å². The summed E-state index contributed by atoms with van der Waals surface area (Å²) in [7, 11) is 0. The Morgan fingerprint density at radius 3 is 2.68 bits per heavy atom. The molecule has 0 fully saturated rings. The number of aryl methyl sites for hydroxylation is 1. The van der Waals surface area contributed by atoms with Crippen LogP contribution in [0.4, 0.5) is 20.9 Å². The van der Waals surface area contributed by atoms with E-state index >= 15 is 0 Å². The molecular weight excluding hydrogens is 399 g/mol. The molecule has 2 aromatic carbocycles. The molecule has 0 unspecified atom stereocenters. The largest absolute Gasteiger partial charge is 0.330 e. The van der Waals surface area contributed by atoms with Gasteiger partial charge in [-0.3, -0.25) is 9.59 Å². The molecule has 0 saturated carbocycles. The number of rotatable bonds is 7. The van der Waals surface area contributed by atoms with Gasteiger partial charge in [-0.05, 0) is 36.8 Å². The van der Waals surface area contributed by atoms with E-state index in [2.05, 4.69) is 20.8 Å². The van der Waals surface area contributed by atoms with Gasteiger partial charge in [-0.15, -0.1) is 10.2 Å². The van der Waals surface area contributed by atoms with Gasteiger partial charge in [0, 0.05) is 18.3 Å². The number of amides is 1. The maximum absolute atomic E-state index is 14.1. The Labute approximate surface area is 169 Å². The van der Waals surface area contributed by atoms with Crippen LogP contribution in [0.5, 0.6) is 0 Å². The number of para-hydroxylation sites is 1. The van der Waals surface area contributed by atoms with Gasteiger partial charge in [0.05, 0.1) is 11.3 Å². The quantitative estimate of drug-likeness (QED) is 0.430. The summed E-state index contributed by atoms with van der Waals surface area (Å²) in [5.41, 5.74) is 2.31. The fourth-order valence-corrected chi connectivity index (χ4v) is 4.02. The highest BCUT2D eigenvalue weighted by atomic mass is 32.2. The third-order valence-electron chi connectivity index (χ3n) is 3.71. The molecule has 0 spiro atoms. The van der Waals surface area contributed by atoms with Gasteiger partial charge < -0.3 is 10.6 Å². The molecule has 0 saturated heterocycles. The SMILES string of the molecule is CC(=O)Nc1ccc(C(=O)CSc2nnc(Nc3ccccc3C)s2)c(F)c1. The Morgan fingerprint density at radius 1 is 1.18 bits per heavy atom. The highest BCUT2D eigenvalue weighted by Gasteiger charge is 2.15. The number of aromatic nitrogens is 2. The highest BCUT2D eigenvalue weighted by molar-refractivity contribution is 8.01. The predicted molar refractivity (Wildman–Crippen MR) is 110 cm³/mol. The van der Waals surface area contributed by atoms with Crippen molar-refractivity contribution in [1.29, 1.82) is 0 Å². The second kappa shape index (κ2) is 8.94. The van der Waals surface area contributed by atoms with E-state index < -0.39 is 5.82 Å². The van der Waals surface area contributed by atoms with E-state index in [1.807, 2.05) is 31.2 Å². The van der Waals surface area contributed by atoms with Crippen molar-refractivity contribution < 1.29 is 14.0 Å². The average Bonchev–Trinajstić information content (AvgIpc) is 3.09. The summed E-state index contributed by atoms with van der Waals surface area (Å²) >= 11 is 2.52. The van der Waals surface area contributed by atoms with Crippen LogP contribution in [0, 0.1) is 12.7 Å². The molecule has 0 aliphatic rings. The molecule has 1 heterocycles. The van der Waals surface area contributed by atoms with Gasteiger partial charge in [0.15, 0.2) is 10.1 Å². The molecule has 0 bridgehead atoms. The van der Waals surface area contributed by atoms with E-state index in [0.29, 0.717) is 15.2 Å². The standard InChI is InChI=1S/C19H17FN4O2S2/c1-11-5-3-4-6-16(11)22-18-23-24-19(28-18)27-10-17(26)14-8-7-13(9-15(14)20)21-12(2)25/h3-9H,10H2,1-2H3,(H,21,25)(H,22,23). The van der Waals surface area contributed by atoms with Gasteiger partial charge in [-0.25, -0.2) is 4.39 Å². The number of ketones is 1. The molecule has 1 aromatic heterocycles. The third kappa shape index (κ3) is 5.14. The zero-order chi connectivity index (χ0) is 20.1. The minimum absolute atomic E-state index is 0.0237. The Hall–Kier alpha value is -2.78. The van der Waals surface area contributed by atoms with Crippen molar-refractivity contribution in [2.45, 2.75) is 18.2 Å². The smallest absolute Gasteiger partial charge is 0.221 e. The molecule has 6 nitrogen and oxygen atoms in total. The summed E-state index contributed by atoms with van der Waals surface area (Å²) < 4.78 is 14.8. The predicted octanol–water partition coefficient (Wildman–Crippen LogP) is 4.66. The number of hydrogen-bond donors (Lipinski definition) is 2. The van der Waals surface area contributed by atoms with Crippen LogP contribution >= 0.6 is 23.1 Å². The van der Waals surface area contributed by atoms with Crippen LogP contribution in [-0.4, -0.2) is 27.6 Å². The molecule has 0 atom stereocenters. The van der Waals surface area contributed by atoms with Gasteiger partial charge in [0.1, 0.15) is 5.82 Å². The first kappa shape index (κ1) is 20.0. The second-order valence-electron chi connectivity index (χ2n) is 5.90. The molecule has 1 amide bonds. The van der Waals surface area contributed by atoms with E-state index in [1.54, 1.807) is 0 Å². The van der Waals surface area contributed by atoms with Gasteiger partial charge in [-0.2, -0.15) is 0 Å². The molecule has 2 N–H and O–H groups in total. The van der Waals surface area contributed by atoms with Crippen molar-refractivity contribution >= 4 is 51.3 Å². The minimum Gasteiger partial charge on any atom is -0.330 e. The monoisotopic (exact) mass is 416 g/mol. The summed E-state index contributed by atoms with van der Waals surface area (Å²) in [5.74, 6) is -1.30. The van der Waals surface area contributed by atoms with Crippen LogP contribution in [0.3, 0.4) is 0 Å². The van der Waals surface area contributed by atoms with Crippen LogP contribution in [0.25, 0.3) is 0 Å². The lowest BCUT2D eigenvalue weighted by Gasteiger charge is -2.05.